The molecule has 0 aliphatic carbocycles. The van der Waals surface area contributed by atoms with E-state index in [4.69, 9.17) is 37.0 Å². The monoisotopic (exact) mass is 450 g/mol. The predicted octanol–water partition coefficient (Wildman–Crippen LogP) is 3.65. The second-order valence-corrected chi connectivity index (χ2v) is 7.23. The van der Waals surface area contributed by atoms with Gasteiger partial charge in [0.05, 0.1) is 33.0 Å². The molecule has 0 aliphatic heterocycles. The highest BCUT2D eigenvalue weighted by molar-refractivity contribution is 7.80. The van der Waals surface area contributed by atoms with E-state index in [0.29, 0.717) is 24.7 Å². The molecule has 0 saturated carbocycles. The first-order valence-electron chi connectivity index (χ1n) is 10.3. The number of benzene rings is 2. The summed E-state index contributed by atoms with van der Waals surface area (Å²) in [5, 5.41) is 32.8. The maximum absolute atomic E-state index is 8.66. The Morgan fingerprint density at radius 3 is 1.32 bits per heavy atom. The Morgan fingerprint density at radius 1 is 0.742 bits per heavy atom. The van der Waals surface area contributed by atoms with Crippen LogP contribution in [0.4, 0.5) is 11.4 Å². The van der Waals surface area contributed by atoms with Gasteiger partial charge in [0.15, 0.2) is 5.11 Å². The van der Waals surface area contributed by atoms with Gasteiger partial charge in [-0.1, -0.05) is 6.92 Å². The highest BCUT2D eigenvalue weighted by Gasteiger charge is 2.24. The lowest BCUT2D eigenvalue weighted by Crippen LogP contribution is -2.32. The van der Waals surface area contributed by atoms with Gasteiger partial charge in [-0.15, -0.1) is 0 Å². The minimum Gasteiger partial charge on any atom is -0.494 e. The fourth-order valence-electron chi connectivity index (χ4n) is 2.38. The first-order chi connectivity index (χ1) is 14.9. The quantitative estimate of drug-likeness (QED) is 0.350. The largest absolute Gasteiger partial charge is 0.494 e. The van der Waals surface area contributed by atoms with Crippen molar-refractivity contribution < 1.29 is 24.8 Å². The molecule has 172 valence electrons. The van der Waals surface area contributed by atoms with Gasteiger partial charge in [0.2, 0.25) is 0 Å². The summed E-state index contributed by atoms with van der Waals surface area (Å²) in [5.74, 6) is 1.69. The molecule has 0 radical (unpaired) electrons. The molecule has 31 heavy (non-hydrogen) atoms. The number of aliphatic hydroxyl groups excluding tert-OH is 3. The lowest BCUT2D eigenvalue weighted by molar-refractivity contribution is 0.00304. The molecular weight excluding hydrogens is 416 g/mol. The summed E-state index contributed by atoms with van der Waals surface area (Å²) in [6.07, 6.45) is 0.594. The van der Waals surface area contributed by atoms with Crippen LogP contribution in [0.2, 0.25) is 0 Å². The average molecular weight is 451 g/mol. The molecule has 0 spiro atoms. The average Bonchev–Trinajstić information content (AvgIpc) is 2.79. The second kappa shape index (κ2) is 14.6. The van der Waals surface area contributed by atoms with Crippen LogP contribution in [0.5, 0.6) is 11.5 Å². The van der Waals surface area contributed by atoms with Crippen LogP contribution < -0.4 is 20.1 Å². The van der Waals surface area contributed by atoms with Gasteiger partial charge in [0.25, 0.3) is 0 Å². The standard InChI is InChI=1S/C17H20N2O2S.C6H14O3/c1-3-20-15-9-5-13(6-10-15)18-17(22)19-14-7-11-16(12-8-14)21-4-2;1-2-6(3-7,4-8)5-9/h5-12H,3-4H2,1-2H3,(H2,18,19,22);7-9H,2-5H2,1H3. The lowest BCUT2D eigenvalue weighted by atomic mass is 9.88. The molecule has 0 fully saturated rings. The summed E-state index contributed by atoms with van der Waals surface area (Å²) in [6, 6.07) is 15.3. The highest BCUT2D eigenvalue weighted by atomic mass is 32.1. The molecule has 7 nitrogen and oxygen atoms in total. The fraction of sp³-hybridized carbons (Fsp3) is 0.435. The summed E-state index contributed by atoms with van der Waals surface area (Å²) >= 11 is 5.30. The van der Waals surface area contributed by atoms with Crippen LogP contribution in [0.3, 0.4) is 0 Å². The van der Waals surface area contributed by atoms with Gasteiger partial charge < -0.3 is 35.4 Å². The Hall–Kier alpha value is -2.39. The normalized spacial score (nSPS) is 10.5. The molecule has 2 rings (SSSR count). The zero-order valence-electron chi connectivity index (χ0n) is 18.4. The Bertz CT molecular complexity index is 679. The van der Waals surface area contributed by atoms with E-state index in [1.807, 2.05) is 69.3 Å². The second-order valence-electron chi connectivity index (χ2n) is 6.82. The Kier molecular flexibility index (Phi) is 12.5. The molecule has 0 heterocycles. The molecule has 5 N–H and O–H groups in total. The van der Waals surface area contributed by atoms with E-state index in [1.165, 1.54) is 0 Å². The SMILES string of the molecule is CCC(CO)(CO)CO.CCOc1ccc(NC(=S)Nc2ccc(OCC)cc2)cc1. The summed E-state index contributed by atoms with van der Waals surface area (Å²) in [4.78, 5) is 0. The van der Waals surface area contributed by atoms with Crippen LogP contribution in [0.25, 0.3) is 0 Å². The van der Waals surface area contributed by atoms with Crippen molar-refractivity contribution in [1.82, 2.24) is 0 Å². The van der Waals surface area contributed by atoms with E-state index in [1.54, 1.807) is 0 Å². The Balaban J connectivity index is 0.000000452. The van der Waals surface area contributed by atoms with E-state index < -0.39 is 5.41 Å². The number of aliphatic hydroxyl groups is 3. The first-order valence-corrected chi connectivity index (χ1v) is 10.7. The molecule has 0 saturated heterocycles. The van der Waals surface area contributed by atoms with Crippen LogP contribution >= 0.6 is 12.2 Å². The first kappa shape index (κ1) is 26.6. The Labute approximate surface area is 190 Å². The van der Waals surface area contributed by atoms with Crippen molar-refractivity contribution in [3.8, 4) is 11.5 Å². The predicted molar refractivity (Wildman–Crippen MR) is 129 cm³/mol. The van der Waals surface area contributed by atoms with E-state index in [-0.39, 0.29) is 19.8 Å². The summed E-state index contributed by atoms with van der Waals surface area (Å²) in [7, 11) is 0. The van der Waals surface area contributed by atoms with Crippen molar-refractivity contribution in [1.29, 1.82) is 0 Å². The molecule has 0 aromatic heterocycles. The van der Waals surface area contributed by atoms with E-state index in [9.17, 15) is 0 Å². The van der Waals surface area contributed by atoms with Crippen LogP contribution in [0.1, 0.15) is 27.2 Å². The maximum Gasteiger partial charge on any atom is 0.175 e. The topological polar surface area (TPSA) is 103 Å². The number of rotatable bonds is 10. The minimum absolute atomic E-state index is 0.156. The maximum atomic E-state index is 8.66. The third kappa shape index (κ3) is 9.52. The molecule has 0 amide bonds. The zero-order valence-corrected chi connectivity index (χ0v) is 19.2. The molecule has 0 aliphatic rings. The molecule has 2 aromatic rings. The van der Waals surface area contributed by atoms with E-state index in [0.717, 1.165) is 22.9 Å². The van der Waals surface area contributed by atoms with Crippen molar-refractivity contribution in [2.24, 2.45) is 5.41 Å². The van der Waals surface area contributed by atoms with Crippen molar-refractivity contribution >= 4 is 28.7 Å². The van der Waals surface area contributed by atoms with Crippen LogP contribution in [-0.2, 0) is 0 Å². The van der Waals surface area contributed by atoms with Gasteiger partial charge in [0.1, 0.15) is 11.5 Å². The summed E-state index contributed by atoms with van der Waals surface area (Å²) in [6.45, 7) is 6.59. The summed E-state index contributed by atoms with van der Waals surface area (Å²) in [5.41, 5.74) is 1.15. The number of hydrogen-bond acceptors (Lipinski definition) is 6. The van der Waals surface area contributed by atoms with Crippen LogP contribution in [0, 0.1) is 5.41 Å². The number of thiocarbonyl (C=S) groups is 1. The lowest BCUT2D eigenvalue weighted by Gasteiger charge is -2.24. The molecular formula is C23H34N2O5S. The molecule has 0 unspecified atom stereocenters. The van der Waals surface area contributed by atoms with Crippen molar-refractivity contribution in [3.63, 3.8) is 0 Å². The molecule has 8 heteroatoms. The highest BCUT2D eigenvalue weighted by Crippen LogP contribution is 2.19. The van der Waals surface area contributed by atoms with Crippen molar-refractivity contribution in [2.75, 3.05) is 43.7 Å². The van der Waals surface area contributed by atoms with Gasteiger partial charge in [-0.05, 0) is 81.0 Å². The molecule has 0 bridgehead atoms. The van der Waals surface area contributed by atoms with Crippen molar-refractivity contribution in [2.45, 2.75) is 27.2 Å². The number of hydrogen-bond donors (Lipinski definition) is 5. The number of nitrogens with one attached hydrogen (secondary N) is 2. The van der Waals surface area contributed by atoms with E-state index >= 15 is 0 Å². The zero-order chi connectivity index (χ0) is 23.1. The van der Waals surface area contributed by atoms with Gasteiger partial charge in [-0.25, -0.2) is 0 Å². The third-order valence-corrected chi connectivity index (χ3v) is 4.81. The van der Waals surface area contributed by atoms with Gasteiger partial charge in [-0.2, -0.15) is 0 Å². The van der Waals surface area contributed by atoms with Crippen molar-refractivity contribution in [3.05, 3.63) is 48.5 Å². The fourth-order valence-corrected chi connectivity index (χ4v) is 2.62. The minimum atomic E-state index is -0.667. The molecule has 2 aromatic carbocycles. The molecule has 0 atom stereocenters. The van der Waals surface area contributed by atoms with Gasteiger partial charge in [-0.3, -0.25) is 0 Å². The number of anilines is 2. The van der Waals surface area contributed by atoms with Gasteiger partial charge in [0, 0.05) is 16.8 Å². The van der Waals surface area contributed by atoms with E-state index in [2.05, 4.69) is 10.6 Å². The number of ether oxygens (including phenoxy) is 2. The van der Waals surface area contributed by atoms with Crippen LogP contribution in [-0.4, -0.2) is 53.5 Å². The smallest absolute Gasteiger partial charge is 0.175 e. The van der Waals surface area contributed by atoms with Gasteiger partial charge >= 0.3 is 0 Å². The third-order valence-electron chi connectivity index (χ3n) is 4.60. The van der Waals surface area contributed by atoms with Crippen LogP contribution in [0.15, 0.2) is 48.5 Å². The Morgan fingerprint density at radius 2 is 1.10 bits per heavy atom. The summed E-state index contributed by atoms with van der Waals surface area (Å²) < 4.78 is 10.8.